The lowest BCUT2D eigenvalue weighted by Crippen LogP contribution is -2.20. The topological polar surface area (TPSA) is 48.5 Å². The Kier molecular flexibility index (Phi) is 3.85. The molecule has 1 heterocycles. The molecule has 2 rings (SSSR count). The minimum atomic E-state index is -0.102. The molecule has 0 bridgehead atoms. The Labute approximate surface area is 111 Å². The van der Waals surface area contributed by atoms with E-state index < -0.39 is 0 Å². The predicted molar refractivity (Wildman–Crippen MR) is 75.0 cm³/mol. The van der Waals surface area contributed by atoms with Crippen LogP contribution in [0.2, 0.25) is 0 Å². The Bertz CT molecular complexity index is 639. The molecule has 1 aromatic heterocycles. The van der Waals surface area contributed by atoms with Gasteiger partial charge in [-0.05, 0) is 26.0 Å². The molecule has 1 aromatic carbocycles. The molecule has 0 saturated carbocycles. The van der Waals surface area contributed by atoms with Gasteiger partial charge in [-0.15, -0.1) is 0 Å². The van der Waals surface area contributed by atoms with Gasteiger partial charge in [-0.25, -0.2) is 4.68 Å². The Hall–Kier alpha value is -2.30. The normalized spacial score (nSPS) is 11.1. The van der Waals surface area contributed by atoms with E-state index in [-0.39, 0.29) is 5.56 Å². The van der Waals surface area contributed by atoms with Crippen LogP contribution in [0.3, 0.4) is 0 Å². The van der Waals surface area contributed by atoms with Crippen molar-refractivity contribution < 1.29 is 4.84 Å². The first kappa shape index (κ1) is 13.1. The van der Waals surface area contributed by atoms with Crippen molar-refractivity contribution in [1.82, 2.24) is 9.36 Å². The SMILES string of the molecule is CCO/N=C/c1c(C)n(C)n(-c2ccccc2)c1=O. The van der Waals surface area contributed by atoms with E-state index in [1.165, 1.54) is 6.21 Å². The van der Waals surface area contributed by atoms with Gasteiger partial charge >= 0.3 is 0 Å². The summed E-state index contributed by atoms with van der Waals surface area (Å²) in [6, 6.07) is 9.51. The number of para-hydroxylation sites is 1. The van der Waals surface area contributed by atoms with Crippen molar-refractivity contribution in [1.29, 1.82) is 0 Å². The first-order valence-electron chi connectivity index (χ1n) is 6.16. The van der Waals surface area contributed by atoms with E-state index in [0.29, 0.717) is 12.2 Å². The molecule has 0 amide bonds. The van der Waals surface area contributed by atoms with Crippen LogP contribution in [0.15, 0.2) is 40.3 Å². The molecule has 0 aliphatic carbocycles. The molecular weight excluding hydrogens is 242 g/mol. The fourth-order valence-electron chi connectivity index (χ4n) is 1.90. The van der Waals surface area contributed by atoms with E-state index in [2.05, 4.69) is 5.16 Å². The number of rotatable bonds is 4. The molecular formula is C14H17N3O2. The van der Waals surface area contributed by atoms with Crippen molar-refractivity contribution in [2.45, 2.75) is 13.8 Å². The summed E-state index contributed by atoms with van der Waals surface area (Å²) in [4.78, 5) is 17.3. The average molecular weight is 259 g/mol. The lowest BCUT2D eigenvalue weighted by molar-refractivity contribution is 0.160. The van der Waals surface area contributed by atoms with Crippen LogP contribution in [0.4, 0.5) is 0 Å². The molecule has 0 aliphatic heterocycles. The highest BCUT2D eigenvalue weighted by Gasteiger charge is 2.14. The molecule has 0 aliphatic rings. The molecule has 0 N–H and O–H groups in total. The van der Waals surface area contributed by atoms with Gasteiger partial charge in [0.05, 0.1) is 17.5 Å². The molecule has 5 nitrogen and oxygen atoms in total. The standard InChI is InChI=1S/C14H17N3O2/c1-4-19-15-10-13-11(2)16(3)17(14(13)18)12-8-6-5-7-9-12/h5-10H,4H2,1-3H3/b15-10+. The molecule has 100 valence electrons. The van der Waals surface area contributed by atoms with Gasteiger partial charge in [0, 0.05) is 12.7 Å². The maximum atomic E-state index is 12.4. The molecule has 0 atom stereocenters. The number of hydrogen-bond acceptors (Lipinski definition) is 3. The summed E-state index contributed by atoms with van der Waals surface area (Å²) < 4.78 is 3.42. The summed E-state index contributed by atoms with van der Waals surface area (Å²) in [5, 5.41) is 3.78. The molecule has 2 aromatic rings. The zero-order chi connectivity index (χ0) is 13.8. The van der Waals surface area contributed by atoms with E-state index in [1.54, 1.807) is 4.68 Å². The molecule has 5 heteroatoms. The second-order valence-corrected chi connectivity index (χ2v) is 4.13. The van der Waals surface area contributed by atoms with Crippen LogP contribution in [0.5, 0.6) is 0 Å². The summed E-state index contributed by atoms with van der Waals surface area (Å²) in [6.07, 6.45) is 1.47. The first-order chi connectivity index (χ1) is 9.16. The van der Waals surface area contributed by atoms with E-state index in [1.807, 2.05) is 55.9 Å². The minimum Gasteiger partial charge on any atom is -0.396 e. The van der Waals surface area contributed by atoms with Gasteiger partial charge in [0.15, 0.2) is 0 Å². The van der Waals surface area contributed by atoms with Crippen molar-refractivity contribution in [3.05, 3.63) is 51.9 Å². The number of hydrogen-bond donors (Lipinski definition) is 0. The number of nitrogens with zero attached hydrogens (tertiary/aromatic N) is 3. The summed E-state index contributed by atoms with van der Waals surface area (Å²) in [5.41, 5.74) is 2.11. The summed E-state index contributed by atoms with van der Waals surface area (Å²) in [7, 11) is 1.85. The van der Waals surface area contributed by atoms with Crippen LogP contribution >= 0.6 is 0 Å². The molecule has 19 heavy (non-hydrogen) atoms. The maximum absolute atomic E-state index is 12.4. The summed E-state index contributed by atoms with van der Waals surface area (Å²) >= 11 is 0. The average Bonchev–Trinajstić information content (AvgIpc) is 2.64. The van der Waals surface area contributed by atoms with E-state index in [4.69, 9.17) is 4.84 Å². The van der Waals surface area contributed by atoms with Gasteiger partial charge in [0.1, 0.15) is 6.61 Å². The monoisotopic (exact) mass is 259 g/mol. The van der Waals surface area contributed by atoms with Gasteiger partial charge in [0.25, 0.3) is 5.56 Å². The Morgan fingerprint density at radius 1 is 1.32 bits per heavy atom. The summed E-state index contributed by atoms with van der Waals surface area (Å²) in [6.45, 7) is 4.21. The molecule has 0 unspecified atom stereocenters. The van der Waals surface area contributed by atoms with Gasteiger partial charge in [-0.2, -0.15) is 0 Å². The second kappa shape index (κ2) is 5.56. The third-order valence-electron chi connectivity index (χ3n) is 2.98. The first-order valence-corrected chi connectivity index (χ1v) is 6.16. The molecule has 0 radical (unpaired) electrons. The van der Waals surface area contributed by atoms with Crippen LogP contribution in [0.1, 0.15) is 18.2 Å². The van der Waals surface area contributed by atoms with Gasteiger partial charge in [-0.1, -0.05) is 23.4 Å². The fourth-order valence-corrected chi connectivity index (χ4v) is 1.90. The highest BCUT2D eigenvalue weighted by atomic mass is 16.6. The molecule has 0 spiro atoms. The lowest BCUT2D eigenvalue weighted by Gasteiger charge is -2.07. The Balaban J connectivity index is 2.53. The predicted octanol–water partition coefficient (Wildman–Crippen LogP) is 1.85. The van der Waals surface area contributed by atoms with Gasteiger partial charge < -0.3 is 4.84 Å². The third kappa shape index (κ3) is 2.45. The molecule has 0 saturated heterocycles. The van der Waals surface area contributed by atoms with E-state index in [9.17, 15) is 4.79 Å². The fraction of sp³-hybridized carbons (Fsp3) is 0.286. The quantitative estimate of drug-likeness (QED) is 0.621. The van der Waals surface area contributed by atoms with E-state index in [0.717, 1.165) is 11.4 Å². The van der Waals surface area contributed by atoms with Crippen molar-refractivity contribution in [3.63, 3.8) is 0 Å². The highest BCUT2D eigenvalue weighted by Crippen LogP contribution is 2.08. The number of aromatic nitrogens is 2. The van der Waals surface area contributed by atoms with Crippen LogP contribution in [0, 0.1) is 6.92 Å². The van der Waals surface area contributed by atoms with Gasteiger partial charge in [-0.3, -0.25) is 9.48 Å². The van der Waals surface area contributed by atoms with Crippen molar-refractivity contribution in [2.75, 3.05) is 6.61 Å². The van der Waals surface area contributed by atoms with Crippen LogP contribution in [-0.2, 0) is 11.9 Å². The second-order valence-electron chi connectivity index (χ2n) is 4.13. The van der Waals surface area contributed by atoms with Crippen LogP contribution < -0.4 is 5.56 Å². The smallest absolute Gasteiger partial charge is 0.280 e. The van der Waals surface area contributed by atoms with Crippen molar-refractivity contribution in [2.24, 2.45) is 12.2 Å². The largest absolute Gasteiger partial charge is 0.396 e. The minimum absolute atomic E-state index is 0.102. The molecule has 0 fully saturated rings. The van der Waals surface area contributed by atoms with Crippen molar-refractivity contribution >= 4 is 6.21 Å². The number of benzene rings is 1. The van der Waals surface area contributed by atoms with Crippen LogP contribution in [-0.4, -0.2) is 22.2 Å². The zero-order valence-corrected chi connectivity index (χ0v) is 11.3. The van der Waals surface area contributed by atoms with E-state index >= 15 is 0 Å². The summed E-state index contributed by atoms with van der Waals surface area (Å²) in [5.74, 6) is 0. The van der Waals surface area contributed by atoms with Crippen LogP contribution in [0.25, 0.3) is 5.69 Å². The Morgan fingerprint density at radius 2 is 2.00 bits per heavy atom. The maximum Gasteiger partial charge on any atom is 0.280 e. The Morgan fingerprint density at radius 3 is 2.63 bits per heavy atom. The lowest BCUT2D eigenvalue weighted by atomic mass is 10.3. The zero-order valence-electron chi connectivity index (χ0n) is 11.3. The number of oxime groups is 1. The third-order valence-corrected chi connectivity index (χ3v) is 2.98. The van der Waals surface area contributed by atoms with Gasteiger partial charge in [0.2, 0.25) is 0 Å². The van der Waals surface area contributed by atoms with Crippen molar-refractivity contribution in [3.8, 4) is 5.69 Å². The highest BCUT2D eigenvalue weighted by molar-refractivity contribution is 5.80.